The van der Waals surface area contributed by atoms with Gasteiger partial charge in [0.15, 0.2) is 15.8 Å². The summed E-state index contributed by atoms with van der Waals surface area (Å²) < 4.78 is 25.4. The summed E-state index contributed by atoms with van der Waals surface area (Å²) in [5, 5.41) is 6.56. The lowest BCUT2D eigenvalue weighted by Gasteiger charge is -2.17. The number of guanidine groups is 1. The van der Waals surface area contributed by atoms with Gasteiger partial charge in [-0.2, -0.15) is 0 Å². The summed E-state index contributed by atoms with van der Waals surface area (Å²) >= 11 is 0. The van der Waals surface area contributed by atoms with E-state index in [1.807, 2.05) is 29.2 Å². The molecule has 170 valence electrons. The van der Waals surface area contributed by atoms with Gasteiger partial charge in [-0.15, -0.1) is 24.0 Å². The predicted octanol–water partition coefficient (Wildman–Crippen LogP) is 3.07. The maximum absolute atomic E-state index is 11.7. The normalized spacial score (nSPS) is 17.5. The molecule has 0 bridgehead atoms. The Hall–Kier alpha value is -2.40. The number of aromatic nitrogens is 2. The summed E-state index contributed by atoms with van der Waals surface area (Å²) in [6, 6.07) is 16.7. The Labute approximate surface area is 206 Å². The molecule has 1 aliphatic heterocycles. The van der Waals surface area contributed by atoms with Gasteiger partial charge in [-0.1, -0.05) is 48.5 Å². The Kier molecular flexibility index (Phi) is 8.30. The number of hydrogen-bond acceptors (Lipinski definition) is 4. The first-order chi connectivity index (χ1) is 15.0. The van der Waals surface area contributed by atoms with Gasteiger partial charge in [0.2, 0.25) is 0 Å². The quantitative estimate of drug-likeness (QED) is 0.273. The number of halogens is 1. The van der Waals surface area contributed by atoms with Gasteiger partial charge in [0, 0.05) is 38.6 Å². The van der Waals surface area contributed by atoms with Crippen molar-refractivity contribution in [3.8, 4) is 11.1 Å². The lowest BCUT2D eigenvalue weighted by Crippen LogP contribution is -2.43. The largest absolute Gasteiger partial charge is 0.353 e. The van der Waals surface area contributed by atoms with Crippen molar-refractivity contribution in [2.75, 3.05) is 18.6 Å². The van der Waals surface area contributed by atoms with Crippen LogP contribution in [0.15, 0.2) is 72.2 Å². The van der Waals surface area contributed by atoms with Gasteiger partial charge >= 0.3 is 0 Å². The number of nitrogens with zero attached hydrogens (tertiary/aromatic N) is 3. The SMILES string of the molecule is CN=C(NCc1ccccc1-c1ccc(Cn2ccnc2)cc1)NC1CCS(=O)(=O)C1.I. The highest BCUT2D eigenvalue weighted by Gasteiger charge is 2.28. The number of nitrogens with one attached hydrogen (secondary N) is 2. The van der Waals surface area contributed by atoms with Crippen molar-refractivity contribution in [3.63, 3.8) is 0 Å². The van der Waals surface area contributed by atoms with Crippen LogP contribution >= 0.6 is 24.0 Å². The summed E-state index contributed by atoms with van der Waals surface area (Å²) in [5.41, 5.74) is 4.67. The van der Waals surface area contributed by atoms with Gasteiger partial charge in [0.1, 0.15) is 0 Å². The summed E-state index contributed by atoms with van der Waals surface area (Å²) in [6.07, 6.45) is 6.17. The molecule has 1 unspecified atom stereocenters. The predicted molar refractivity (Wildman–Crippen MR) is 139 cm³/mol. The second-order valence-electron chi connectivity index (χ2n) is 7.76. The average molecular weight is 565 g/mol. The van der Waals surface area contributed by atoms with E-state index in [2.05, 4.69) is 57.0 Å². The topological polar surface area (TPSA) is 88.4 Å². The maximum Gasteiger partial charge on any atom is 0.191 e. The van der Waals surface area contributed by atoms with Crippen LogP contribution in [0.5, 0.6) is 0 Å². The van der Waals surface area contributed by atoms with E-state index in [9.17, 15) is 8.42 Å². The van der Waals surface area contributed by atoms with Crippen LogP contribution in [0.4, 0.5) is 0 Å². The van der Waals surface area contributed by atoms with Crippen molar-refractivity contribution in [3.05, 3.63) is 78.4 Å². The number of hydrogen-bond donors (Lipinski definition) is 2. The number of rotatable bonds is 6. The molecule has 1 aromatic heterocycles. The Balaban J connectivity index is 0.00000289. The van der Waals surface area contributed by atoms with E-state index < -0.39 is 9.84 Å². The van der Waals surface area contributed by atoms with E-state index in [0.717, 1.165) is 23.2 Å². The highest BCUT2D eigenvalue weighted by atomic mass is 127. The van der Waals surface area contributed by atoms with E-state index in [-0.39, 0.29) is 41.5 Å². The second kappa shape index (κ2) is 11.0. The molecule has 3 aromatic rings. The highest BCUT2D eigenvalue weighted by molar-refractivity contribution is 14.0. The van der Waals surface area contributed by atoms with Crippen molar-refractivity contribution in [1.82, 2.24) is 20.2 Å². The first kappa shape index (κ1) is 24.2. The Morgan fingerprint density at radius 3 is 2.62 bits per heavy atom. The molecule has 1 fully saturated rings. The molecule has 7 nitrogen and oxygen atoms in total. The fourth-order valence-electron chi connectivity index (χ4n) is 3.81. The maximum atomic E-state index is 11.7. The molecule has 4 rings (SSSR count). The van der Waals surface area contributed by atoms with Crippen molar-refractivity contribution >= 4 is 39.8 Å². The highest BCUT2D eigenvalue weighted by Crippen LogP contribution is 2.24. The zero-order chi connectivity index (χ0) is 21.7. The summed E-state index contributed by atoms with van der Waals surface area (Å²) in [6.45, 7) is 1.38. The van der Waals surface area contributed by atoms with Crippen LogP contribution < -0.4 is 10.6 Å². The van der Waals surface area contributed by atoms with Crippen LogP contribution in [-0.4, -0.2) is 48.5 Å². The minimum Gasteiger partial charge on any atom is -0.353 e. The molecule has 0 spiro atoms. The first-order valence-electron chi connectivity index (χ1n) is 10.3. The summed E-state index contributed by atoms with van der Waals surface area (Å²) in [4.78, 5) is 8.34. The van der Waals surface area contributed by atoms with Gasteiger partial charge in [-0.05, 0) is 28.7 Å². The fraction of sp³-hybridized carbons (Fsp3) is 0.304. The van der Waals surface area contributed by atoms with Gasteiger partial charge in [0.05, 0.1) is 17.8 Å². The van der Waals surface area contributed by atoms with Crippen molar-refractivity contribution < 1.29 is 8.42 Å². The molecule has 2 aromatic carbocycles. The molecule has 0 saturated carbocycles. The number of imidazole rings is 1. The minimum atomic E-state index is -2.93. The van der Waals surface area contributed by atoms with E-state index in [4.69, 9.17) is 0 Å². The monoisotopic (exact) mass is 565 g/mol. The van der Waals surface area contributed by atoms with Crippen LogP contribution in [0.3, 0.4) is 0 Å². The van der Waals surface area contributed by atoms with E-state index in [1.165, 1.54) is 5.56 Å². The fourth-order valence-corrected chi connectivity index (χ4v) is 5.49. The average Bonchev–Trinajstić information content (AvgIpc) is 3.41. The minimum absolute atomic E-state index is 0. The Bertz CT molecular complexity index is 1150. The van der Waals surface area contributed by atoms with E-state index in [1.54, 1.807) is 13.2 Å². The Morgan fingerprint density at radius 1 is 1.19 bits per heavy atom. The van der Waals surface area contributed by atoms with Crippen LogP contribution in [0.25, 0.3) is 11.1 Å². The molecule has 0 radical (unpaired) electrons. The molecule has 32 heavy (non-hydrogen) atoms. The second-order valence-corrected chi connectivity index (χ2v) is 9.99. The molecule has 2 N–H and O–H groups in total. The molecule has 1 aliphatic rings. The lowest BCUT2D eigenvalue weighted by molar-refractivity contribution is 0.599. The van der Waals surface area contributed by atoms with Gasteiger partial charge < -0.3 is 15.2 Å². The zero-order valence-corrected chi connectivity index (χ0v) is 21.1. The number of benzene rings is 2. The number of aliphatic imine (C=N–C) groups is 1. The van der Waals surface area contributed by atoms with E-state index >= 15 is 0 Å². The van der Waals surface area contributed by atoms with Crippen molar-refractivity contribution in [2.24, 2.45) is 4.99 Å². The molecule has 1 atom stereocenters. The van der Waals surface area contributed by atoms with Crippen LogP contribution in [-0.2, 0) is 22.9 Å². The van der Waals surface area contributed by atoms with Crippen molar-refractivity contribution in [2.45, 2.75) is 25.6 Å². The summed E-state index contributed by atoms with van der Waals surface area (Å²) in [7, 11) is -1.23. The molecule has 0 aliphatic carbocycles. The molecule has 1 saturated heterocycles. The van der Waals surface area contributed by atoms with Gasteiger partial charge in [0.25, 0.3) is 0 Å². The smallest absolute Gasteiger partial charge is 0.191 e. The lowest BCUT2D eigenvalue weighted by atomic mass is 9.98. The third-order valence-electron chi connectivity index (χ3n) is 5.45. The molecule has 2 heterocycles. The number of sulfone groups is 1. The first-order valence-corrected chi connectivity index (χ1v) is 12.1. The van der Waals surface area contributed by atoms with E-state index in [0.29, 0.717) is 18.9 Å². The summed E-state index contributed by atoms with van der Waals surface area (Å²) in [5.74, 6) is 1.02. The van der Waals surface area contributed by atoms with Crippen molar-refractivity contribution in [1.29, 1.82) is 0 Å². The molecular formula is C23H28IN5O2S. The van der Waals surface area contributed by atoms with Gasteiger partial charge in [-0.25, -0.2) is 13.4 Å². The zero-order valence-electron chi connectivity index (χ0n) is 17.9. The standard InChI is InChI=1S/C23H27N5O2S.HI/c1-24-23(27-21-10-13-31(29,30)16-21)26-14-20-4-2-3-5-22(20)19-8-6-18(7-9-19)15-28-12-11-25-17-28;/h2-9,11-12,17,21H,10,13-16H2,1H3,(H2,24,26,27);1H. The molecule has 9 heteroatoms. The molecular weight excluding hydrogens is 537 g/mol. The third kappa shape index (κ3) is 6.32. The van der Waals surface area contributed by atoms with Crippen LogP contribution in [0, 0.1) is 0 Å². The molecule has 0 amide bonds. The Morgan fingerprint density at radius 2 is 1.97 bits per heavy atom. The van der Waals surface area contributed by atoms with Crippen LogP contribution in [0.2, 0.25) is 0 Å². The van der Waals surface area contributed by atoms with Gasteiger partial charge in [-0.3, -0.25) is 4.99 Å². The third-order valence-corrected chi connectivity index (χ3v) is 7.22. The van der Waals surface area contributed by atoms with Crippen LogP contribution in [0.1, 0.15) is 17.5 Å².